The molecule has 0 amide bonds. The van der Waals surface area contributed by atoms with Crippen molar-refractivity contribution in [2.75, 3.05) is 5.73 Å². The van der Waals surface area contributed by atoms with Gasteiger partial charge in [0.05, 0.1) is 0 Å². The Hall–Kier alpha value is -0.330. The number of nitrogens with two attached hydrogens (primary N) is 2. The van der Waals surface area contributed by atoms with E-state index in [1.807, 2.05) is 0 Å². The highest BCUT2D eigenvalue weighted by atomic mass is 32.2. The number of aromatic nitrogens is 2. The molecule has 1 fully saturated rings. The maximum atomic E-state index is 5.94. The average Bonchev–Trinajstić information content (AvgIpc) is 2.64. The van der Waals surface area contributed by atoms with Crippen LogP contribution in [-0.2, 0) is 0 Å². The minimum Gasteiger partial charge on any atom is -0.374 e. The fourth-order valence-corrected chi connectivity index (χ4v) is 3.60. The summed E-state index contributed by atoms with van der Waals surface area (Å²) >= 11 is 3.16. The predicted octanol–water partition coefficient (Wildman–Crippen LogP) is 1.09. The number of thioether (sulfide) groups is 1. The molecule has 6 heteroatoms. The van der Waals surface area contributed by atoms with Crippen LogP contribution in [0.2, 0.25) is 0 Å². The van der Waals surface area contributed by atoms with Crippen molar-refractivity contribution in [2.24, 2.45) is 5.73 Å². The van der Waals surface area contributed by atoms with Gasteiger partial charge in [0, 0.05) is 11.3 Å². The Morgan fingerprint density at radius 3 is 2.77 bits per heavy atom. The third kappa shape index (κ3) is 2.12. The summed E-state index contributed by atoms with van der Waals surface area (Å²) in [5.41, 5.74) is 11.4. The topological polar surface area (TPSA) is 77.8 Å². The van der Waals surface area contributed by atoms with Crippen LogP contribution in [0.4, 0.5) is 5.13 Å². The molecule has 72 valence electrons. The number of nitrogen functional groups attached to an aromatic ring is 1. The molecule has 0 radical (unpaired) electrons. The molecule has 4 nitrogen and oxygen atoms in total. The van der Waals surface area contributed by atoms with Crippen molar-refractivity contribution in [3.05, 3.63) is 0 Å². The molecule has 2 unspecified atom stereocenters. The van der Waals surface area contributed by atoms with E-state index in [0.29, 0.717) is 16.4 Å². The molecule has 13 heavy (non-hydrogen) atoms. The molecular formula is C7H12N4S2. The van der Waals surface area contributed by atoms with E-state index >= 15 is 0 Å². The van der Waals surface area contributed by atoms with Crippen molar-refractivity contribution in [3.8, 4) is 0 Å². The Bertz CT molecular complexity index is 288. The second-order valence-corrected chi connectivity index (χ2v) is 5.65. The minimum absolute atomic E-state index is 0.315. The summed E-state index contributed by atoms with van der Waals surface area (Å²) in [5, 5.41) is 8.78. The molecule has 0 aromatic carbocycles. The summed E-state index contributed by atoms with van der Waals surface area (Å²) in [6.07, 6.45) is 3.55. The molecule has 0 aliphatic heterocycles. The lowest BCUT2D eigenvalue weighted by molar-refractivity contribution is 0.715. The molecule has 0 bridgehead atoms. The summed E-state index contributed by atoms with van der Waals surface area (Å²) in [5.74, 6) is 0. The zero-order valence-electron chi connectivity index (χ0n) is 7.14. The first-order valence-corrected chi connectivity index (χ1v) is 5.96. The minimum atomic E-state index is 0.315. The number of anilines is 1. The van der Waals surface area contributed by atoms with Gasteiger partial charge in [-0.15, -0.1) is 10.2 Å². The van der Waals surface area contributed by atoms with Crippen LogP contribution in [0.25, 0.3) is 0 Å². The molecular weight excluding hydrogens is 204 g/mol. The molecule has 2 rings (SSSR count). The summed E-state index contributed by atoms with van der Waals surface area (Å²) in [6, 6.07) is 0.315. The highest BCUT2D eigenvalue weighted by Gasteiger charge is 2.25. The van der Waals surface area contributed by atoms with Crippen LogP contribution < -0.4 is 11.5 Å². The molecule has 1 saturated carbocycles. The smallest absolute Gasteiger partial charge is 0.203 e. The predicted molar refractivity (Wildman–Crippen MR) is 55.8 cm³/mol. The molecule has 1 aromatic rings. The lowest BCUT2D eigenvalue weighted by atomic mass is 10.3. The highest BCUT2D eigenvalue weighted by molar-refractivity contribution is 8.01. The molecule has 1 heterocycles. The van der Waals surface area contributed by atoms with E-state index in [-0.39, 0.29) is 0 Å². The van der Waals surface area contributed by atoms with Crippen LogP contribution in [0.3, 0.4) is 0 Å². The van der Waals surface area contributed by atoms with Crippen LogP contribution in [0.15, 0.2) is 4.34 Å². The van der Waals surface area contributed by atoms with Gasteiger partial charge in [-0.3, -0.25) is 0 Å². The first-order valence-electron chi connectivity index (χ1n) is 4.27. The number of rotatable bonds is 2. The first kappa shape index (κ1) is 9.23. The molecule has 1 aliphatic rings. The molecule has 1 aliphatic carbocycles. The van der Waals surface area contributed by atoms with Crippen molar-refractivity contribution >= 4 is 28.2 Å². The van der Waals surface area contributed by atoms with Gasteiger partial charge in [0.1, 0.15) is 0 Å². The van der Waals surface area contributed by atoms with Gasteiger partial charge in [-0.05, 0) is 12.8 Å². The van der Waals surface area contributed by atoms with E-state index < -0.39 is 0 Å². The van der Waals surface area contributed by atoms with E-state index in [9.17, 15) is 0 Å². The Balaban J connectivity index is 1.97. The van der Waals surface area contributed by atoms with Crippen molar-refractivity contribution in [2.45, 2.75) is 34.9 Å². The van der Waals surface area contributed by atoms with E-state index in [4.69, 9.17) is 11.5 Å². The Morgan fingerprint density at radius 2 is 2.23 bits per heavy atom. The summed E-state index contributed by atoms with van der Waals surface area (Å²) in [7, 11) is 0. The van der Waals surface area contributed by atoms with Crippen LogP contribution in [-0.4, -0.2) is 21.5 Å². The molecule has 2 atom stereocenters. The van der Waals surface area contributed by atoms with Gasteiger partial charge < -0.3 is 11.5 Å². The largest absolute Gasteiger partial charge is 0.374 e. The number of hydrogen-bond donors (Lipinski definition) is 2. The van der Waals surface area contributed by atoms with E-state index in [2.05, 4.69) is 10.2 Å². The maximum absolute atomic E-state index is 5.94. The van der Waals surface area contributed by atoms with E-state index in [1.165, 1.54) is 24.2 Å². The molecule has 1 aromatic heterocycles. The monoisotopic (exact) mass is 216 g/mol. The molecule has 4 N–H and O–H groups in total. The molecule has 0 spiro atoms. The molecule has 0 saturated heterocycles. The number of nitrogens with zero attached hydrogens (tertiary/aromatic N) is 2. The SMILES string of the molecule is Nc1nnc(SC2CCCC2N)s1. The third-order valence-electron chi connectivity index (χ3n) is 2.18. The quantitative estimate of drug-likeness (QED) is 0.774. The highest BCUT2D eigenvalue weighted by Crippen LogP contribution is 2.35. The fourth-order valence-electron chi connectivity index (χ4n) is 1.50. The van der Waals surface area contributed by atoms with Gasteiger partial charge in [-0.2, -0.15) is 0 Å². The standard InChI is InChI=1S/C7H12N4S2/c8-4-2-1-3-5(4)12-7-11-10-6(9)13-7/h4-5H,1-3,8H2,(H2,9,10). The first-order chi connectivity index (χ1) is 6.25. The lowest BCUT2D eigenvalue weighted by Crippen LogP contribution is -2.26. The van der Waals surface area contributed by atoms with E-state index in [0.717, 1.165) is 10.8 Å². The van der Waals surface area contributed by atoms with Crippen LogP contribution in [0.1, 0.15) is 19.3 Å². The van der Waals surface area contributed by atoms with Gasteiger partial charge in [-0.25, -0.2) is 0 Å². The summed E-state index contributed by atoms with van der Waals surface area (Å²) < 4.78 is 0.944. The van der Waals surface area contributed by atoms with Gasteiger partial charge in [-0.1, -0.05) is 29.5 Å². The van der Waals surface area contributed by atoms with Crippen molar-refractivity contribution < 1.29 is 0 Å². The Labute approximate surface area is 85.1 Å². The Morgan fingerprint density at radius 1 is 1.38 bits per heavy atom. The fraction of sp³-hybridized carbons (Fsp3) is 0.714. The van der Waals surface area contributed by atoms with Crippen molar-refractivity contribution in [1.29, 1.82) is 0 Å². The Kier molecular flexibility index (Phi) is 2.71. The second kappa shape index (κ2) is 3.81. The van der Waals surface area contributed by atoms with Crippen molar-refractivity contribution in [1.82, 2.24) is 10.2 Å². The number of hydrogen-bond acceptors (Lipinski definition) is 6. The van der Waals surface area contributed by atoms with Gasteiger partial charge in [0.15, 0.2) is 4.34 Å². The van der Waals surface area contributed by atoms with Crippen molar-refractivity contribution in [3.63, 3.8) is 0 Å². The van der Waals surface area contributed by atoms with Gasteiger partial charge in [0.25, 0.3) is 0 Å². The average molecular weight is 216 g/mol. The lowest BCUT2D eigenvalue weighted by Gasteiger charge is -2.11. The zero-order chi connectivity index (χ0) is 9.26. The third-order valence-corrected chi connectivity index (χ3v) is 4.43. The maximum Gasteiger partial charge on any atom is 0.203 e. The van der Waals surface area contributed by atoms with E-state index in [1.54, 1.807) is 11.8 Å². The summed E-state index contributed by atoms with van der Waals surface area (Å²) in [4.78, 5) is 0. The van der Waals surface area contributed by atoms with Crippen LogP contribution >= 0.6 is 23.1 Å². The van der Waals surface area contributed by atoms with Crippen LogP contribution in [0, 0.1) is 0 Å². The van der Waals surface area contributed by atoms with Gasteiger partial charge in [0.2, 0.25) is 5.13 Å². The normalized spacial score (nSPS) is 28.1. The second-order valence-electron chi connectivity index (χ2n) is 3.16. The van der Waals surface area contributed by atoms with Gasteiger partial charge >= 0.3 is 0 Å². The zero-order valence-corrected chi connectivity index (χ0v) is 8.77. The van der Waals surface area contributed by atoms with Crippen LogP contribution in [0.5, 0.6) is 0 Å². The summed E-state index contributed by atoms with van der Waals surface area (Å²) in [6.45, 7) is 0.